The fraction of sp³-hybridized carbons (Fsp3) is 0.385. The number of carbonyl (C=O) groups is 1. The van der Waals surface area contributed by atoms with E-state index >= 15 is 0 Å². The predicted octanol–water partition coefficient (Wildman–Crippen LogP) is 0.376. The van der Waals surface area contributed by atoms with Crippen molar-refractivity contribution < 1.29 is 13.2 Å². The minimum atomic E-state index is -3.79. The second kappa shape index (κ2) is 5.23. The van der Waals surface area contributed by atoms with E-state index in [1.165, 1.54) is 10.4 Å². The van der Waals surface area contributed by atoms with Crippen LogP contribution >= 0.6 is 0 Å². The van der Waals surface area contributed by atoms with Gasteiger partial charge in [0, 0.05) is 13.1 Å². The highest BCUT2D eigenvalue weighted by Gasteiger charge is 2.36. The van der Waals surface area contributed by atoms with Crippen LogP contribution in [0.3, 0.4) is 0 Å². The van der Waals surface area contributed by atoms with Gasteiger partial charge in [-0.25, -0.2) is 8.42 Å². The molecule has 0 radical (unpaired) electrons. The second-order valence-corrected chi connectivity index (χ2v) is 6.53. The number of hydrogen-bond donors (Lipinski definition) is 1. The molecule has 2 rings (SSSR count). The minimum absolute atomic E-state index is 0.0816. The molecule has 1 amide bonds. The number of piperazine rings is 1. The summed E-state index contributed by atoms with van der Waals surface area (Å²) < 4.78 is 26.5. The quantitative estimate of drug-likeness (QED) is 0.853. The molecule has 0 bridgehead atoms. The number of benzene rings is 1. The van der Waals surface area contributed by atoms with Gasteiger partial charge in [-0.15, -0.1) is 0 Å². The van der Waals surface area contributed by atoms with Crippen molar-refractivity contribution in [2.24, 2.45) is 0 Å². The molecule has 6 nitrogen and oxygen atoms in total. The molecule has 1 aromatic carbocycles. The maximum absolute atomic E-state index is 12.7. The summed E-state index contributed by atoms with van der Waals surface area (Å²) in [6.07, 6.45) is 0. The Morgan fingerprint density at radius 2 is 2.15 bits per heavy atom. The lowest BCUT2D eigenvalue weighted by atomic mass is 10.2. The number of sulfonamides is 1. The van der Waals surface area contributed by atoms with Gasteiger partial charge in [-0.2, -0.15) is 9.57 Å². The summed E-state index contributed by atoms with van der Waals surface area (Å²) in [4.78, 5) is 11.7. The Morgan fingerprint density at radius 1 is 1.45 bits per heavy atom. The standard InChI is InChI=1S/C13H15N3O3S/c1-9-3-4-11(8-14)7-12(9)20(18,19)16-6-5-15-13(17)10(16)2/h3-4,7,10H,5-6H2,1-2H3,(H,15,17)/t10-/m1/s1. The first kappa shape index (κ1) is 14.5. The van der Waals surface area contributed by atoms with E-state index in [0.717, 1.165) is 0 Å². The fourth-order valence-electron chi connectivity index (χ4n) is 2.16. The Bertz CT molecular complexity index is 691. The molecule has 1 aliphatic rings. The van der Waals surface area contributed by atoms with Crippen molar-refractivity contribution in [3.63, 3.8) is 0 Å². The van der Waals surface area contributed by atoms with Gasteiger partial charge in [0.1, 0.15) is 6.04 Å². The molecule has 0 saturated carbocycles. The molecule has 106 valence electrons. The number of nitriles is 1. The number of carbonyl (C=O) groups excluding carboxylic acids is 1. The van der Waals surface area contributed by atoms with Crippen LogP contribution in [-0.2, 0) is 14.8 Å². The molecule has 0 aliphatic carbocycles. The molecule has 0 unspecified atom stereocenters. The lowest BCUT2D eigenvalue weighted by molar-refractivity contribution is -0.126. The normalized spacial score (nSPS) is 20.2. The van der Waals surface area contributed by atoms with E-state index in [1.807, 2.05) is 6.07 Å². The largest absolute Gasteiger partial charge is 0.353 e. The molecule has 0 aromatic heterocycles. The highest BCUT2D eigenvalue weighted by atomic mass is 32.2. The van der Waals surface area contributed by atoms with Crippen LogP contribution in [-0.4, -0.2) is 37.8 Å². The molecule has 1 heterocycles. The van der Waals surface area contributed by atoms with Gasteiger partial charge in [0.15, 0.2) is 0 Å². The minimum Gasteiger partial charge on any atom is -0.353 e. The Morgan fingerprint density at radius 3 is 2.80 bits per heavy atom. The van der Waals surface area contributed by atoms with Crippen LogP contribution < -0.4 is 5.32 Å². The Labute approximate surface area is 118 Å². The lowest BCUT2D eigenvalue weighted by Gasteiger charge is -2.32. The van der Waals surface area contributed by atoms with Crippen molar-refractivity contribution in [3.05, 3.63) is 29.3 Å². The van der Waals surface area contributed by atoms with E-state index < -0.39 is 16.1 Å². The molecule has 20 heavy (non-hydrogen) atoms. The summed E-state index contributed by atoms with van der Waals surface area (Å²) in [5.41, 5.74) is 0.838. The Hall–Kier alpha value is -1.91. The van der Waals surface area contributed by atoms with E-state index in [9.17, 15) is 13.2 Å². The maximum Gasteiger partial charge on any atom is 0.244 e. The van der Waals surface area contributed by atoms with Crippen LogP contribution in [0.2, 0.25) is 0 Å². The third-order valence-corrected chi connectivity index (χ3v) is 5.46. The molecule has 1 saturated heterocycles. The topological polar surface area (TPSA) is 90.3 Å². The first-order chi connectivity index (χ1) is 9.37. The smallest absolute Gasteiger partial charge is 0.244 e. The van der Waals surface area contributed by atoms with Gasteiger partial charge in [0.25, 0.3) is 0 Å². The average Bonchev–Trinajstić information content (AvgIpc) is 2.42. The van der Waals surface area contributed by atoms with Crippen LogP contribution in [0.4, 0.5) is 0 Å². The monoisotopic (exact) mass is 293 g/mol. The van der Waals surface area contributed by atoms with Crippen LogP contribution in [0.1, 0.15) is 18.1 Å². The summed E-state index contributed by atoms with van der Waals surface area (Å²) >= 11 is 0. The SMILES string of the molecule is Cc1ccc(C#N)cc1S(=O)(=O)N1CCNC(=O)[C@H]1C. The fourth-order valence-corrected chi connectivity index (χ4v) is 4.01. The highest BCUT2D eigenvalue weighted by molar-refractivity contribution is 7.89. The van der Waals surface area contributed by atoms with Crippen molar-refractivity contribution in [3.8, 4) is 6.07 Å². The number of amides is 1. The zero-order valence-electron chi connectivity index (χ0n) is 11.3. The molecule has 0 spiro atoms. The number of hydrogen-bond acceptors (Lipinski definition) is 4. The van der Waals surface area contributed by atoms with Crippen molar-refractivity contribution in [2.75, 3.05) is 13.1 Å². The zero-order valence-corrected chi connectivity index (χ0v) is 12.1. The molecule has 1 fully saturated rings. The Balaban J connectivity index is 2.50. The van der Waals surface area contributed by atoms with Crippen molar-refractivity contribution in [2.45, 2.75) is 24.8 Å². The first-order valence-electron chi connectivity index (χ1n) is 6.18. The van der Waals surface area contributed by atoms with Gasteiger partial charge in [0.2, 0.25) is 15.9 Å². The molecular weight excluding hydrogens is 278 g/mol. The summed E-state index contributed by atoms with van der Waals surface area (Å²) in [7, 11) is -3.79. The van der Waals surface area contributed by atoms with Gasteiger partial charge in [-0.05, 0) is 31.5 Å². The van der Waals surface area contributed by atoms with Gasteiger partial charge < -0.3 is 5.32 Å². The van der Waals surface area contributed by atoms with Gasteiger partial charge in [-0.1, -0.05) is 6.07 Å². The van der Waals surface area contributed by atoms with E-state index in [1.54, 1.807) is 26.0 Å². The average molecular weight is 293 g/mol. The van der Waals surface area contributed by atoms with Crippen LogP contribution in [0.5, 0.6) is 0 Å². The summed E-state index contributed by atoms with van der Waals surface area (Å²) in [5.74, 6) is -0.311. The number of aryl methyl sites for hydroxylation is 1. The lowest BCUT2D eigenvalue weighted by Crippen LogP contribution is -2.55. The van der Waals surface area contributed by atoms with E-state index in [4.69, 9.17) is 5.26 Å². The van der Waals surface area contributed by atoms with Crippen molar-refractivity contribution in [1.29, 1.82) is 5.26 Å². The molecule has 7 heteroatoms. The molecule has 1 aliphatic heterocycles. The third kappa shape index (κ3) is 2.40. The summed E-state index contributed by atoms with van der Waals surface area (Å²) in [5, 5.41) is 11.5. The summed E-state index contributed by atoms with van der Waals surface area (Å²) in [6, 6.07) is 5.69. The van der Waals surface area contributed by atoms with Gasteiger partial charge in [-0.3, -0.25) is 4.79 Å². The first-order valence-corrected chi connectivity index (χ1v) is 7.62. The summed E-state index contributed by atoms with van der Waals surface area (Å²) in [6.45, 7) is 3.74. The molecule has 1 atom stereocenters. The van der Waals surface area contributed by atoms with Crippen LogP contribution in [0.15, 0.2) is 23.1 Å². The van der Waals surface area contributed by atoms with Gasteiger partial charge in [0.05, 0.1) is 16.5 Å². The molecule has 1 aromatic rings. The van der Waals surface area contributed by atoms with Crippen molar-refractivity contribution in [1.82, 2.24) is 9.62 Å². The number of nitrogens with zero attached hydrogens (tertiary/aromatic N) is 2. The van der Waals surface area contributed by atoms with Crippen molar-refractivity contribution >= 4 is 15.9 Å². The zero-order chi connectivity index (χ0) is 14.9. The Kier molecular flexibility index (Phi) is 3.79. The van der Waals surface area contributed by atoms with E-state index in [-0.39, 0.29) is 22.9 Å². The third-order valence-electron chi connectivity index (χ3n) is 3.35. The van der Waals surface area contributed by atoms with Crippen LogP contribution in [0.25, 0.3) is 0 Å². The maximum atomic E-state index is 12.7. The number of nitrogens with one attached hydrogen (secondary N) is 1. The highest BCUT2D eigenvalue weighted by Crippen LogP contribution is 2.23. The van der Waals surface area contributed by atoms with Gasteiger partial charge >= 0.3 is 0 Å². The number of rotatable bonds is 2. The van der Waals surface area contributed by atoms with Crippen LogP contribution in [0, 0.1) is 18.3 Å². The second-order valence-electron chi connectivity index (χ2n) is 4.67. The predicted molar refractivity (Wildman–Crippen MR) is 72.3 cm³/mol. The van der Waals surface area contributed by atoms with E-state index in [2.05, 4.69) is 5.32 Å². The van der Waals surface area contributed by atoms with E-state index in [0.29, 0.717) is 12.1 Å². The molecular formula is C13H15N3O3S. The molecule has 1 N–H and O–H groups in total.